The number of fused-ring (bicyclic) bond motifs is 1. The maximum absolute atomic E-state index is 12.3. The number of halogens is 1. The summed E-state index contributed by atoms with van der Waals surface area (Å²) in [6.45, 7) is 6.92. The molecule has 7 heteroatoms. The second-order valence-electron chi connectivity index (χ2n) is 7.98. The van der Waals surface area contributed by atoms with Gasteiger partial charge in [-0.2, -0.15) is 0 Å². The van der Waals surface area contributed by atoms with Crippen LogP contribution < -0.4 is 21.1 Å². The molecule has 0 radical (unpaired) electrons. The van der Waals surface area contributed by atoms with Crippen molar-refractivity contribution in [1.82, 2.24) is 10.6 Å². The molecular formula is C22H29IN4O2. The zero-order valence-corrected chi connectivity index (χ0v) is 19.4. The number of carbonyl (C=O) groups is 1. The van der Waals surface area contributed by atoms with E-state index in [2.05, 4.69) is 15.6 Å². The van der Waals surface area contributed by atoms with Gasteiger partial charge in [0.25, 0.3) is 5.91 Å². The molecule has 0 saturated carbocycles. The number of carbonyl (C=O) groups excluding carboxylic acids is 1. The van der Waals surface area contributed by atoms with Gasteiger partial charge in [-0.05, 0) is 44.5 Å². The van der Waals surface area contributed by atoms with Gasteiger partial charge in [-0.15, -0.1) is 24.0 Å². The largest absolute Gasteiger partial charge is 0.493 e. The highest BCUT2D eigenvalue weighted by Crippen LogP contribution is 2.31. The van der Waals surface area contributed by atoms with E-state index in [0.717, 1.165) is 23.3 Å². The van der Waals surface area contributed by atoms with E-state index in [9.17, 15) is 4.79 Å². The van der Waals surface area contributed by atoms with E-state index in [-0.39, 0.29) is 41.5 Å². The van der Waals surface area contributed by atoms with Crippen LogP contribution in [-0.4, -0.2) is 24.0 Å². The van der Waals surface area contributed by atoms with Gasteiger partial charge in [-0.25, -0.2) is 4.99 Å². The number of amides is 1. The van der Waals surface area contributed by atoms with E-state index >= 15 is 0 Å². The zero-order chi connectivity index (χ0) is 20.1. The quantitative estimate of drug-likeness (QED) is 0.334. The van der Waals surface area contributed by atoms with Crippen molar-refractivity contribution in [2.24, 2.45) is 10.7 Å². The number of hydrogen-bond donors (Lipinski definition) is 3. The highest BCUT2D eigenvalue weighted by molar-refractivity contribution is 14.0. The van der Waals surface area contributed by atoms with Gasteiger partial charge in [-0.1, -0.05) is 30.3 Å². The molecule has 29 heavy (non-hydrogen) atoms. The van der Waals surface area contributed by atoms with E-state index in [0.29, 0.717) is 24.7 Å². The topological polar surface area (TPSA) is 88.7 Å². The van der Waals surface area contributed by atoms with E-state index in [4.69, 9.17) is 10.5 Å². The lowest BCUT2D eigenvalue weighted by atomic mass is 10.0. The van der Waals surface area contributed by atoms with Crippen molar-refractivity contribution in [1.29, 1.82) is 0 Å². The molecule has 2 aromatic rings. The van der Waals surface area contributed by atoms with Gasteiger partial charge in [0.2, 0.25) is 0 Å². The Kier molecular flexibility index (Phi) is 7.89. The maximum Gasteiger partial charge on any atom is 0.251 e. The predicted octanol–water partition coefficient (Wildman–Crippen LogP) is 3.76. The number of nitrogens with zero attached hydrogens (tertiary/aromatic N) is 1. The summed E-state index contributed by atoms with van der Waals surface area (Å²) in [4.78, 5) is 16.8. The van der Waals surface area contributed by atoms with Crippen LogP contribution in [0.1, 0.15) is 54.7 Å². The molecule has 1 aliphatic heterocycles. The highest BCUT2D eigenvalue weighted by atomic mass is 127. The molecule has 0 aliphatic carbocycles. The second-order valence-corrected chi connectivity index (χ2v) is 7.98. The number of hydrogen-bond acceptors (Lipinski definition) is 3. The van der Waals surface area contributed by atoms with Crippen molar-refractivity contribution in [2.75, 3.05) is 6.61 Å². The van der Waals surface area contributed by atoms with Crippen molar-refractivity contribution < 1.29 is 9.53 Å². The number of para-hydroxylation sites is 1. The molecular weight excluding hydrogens is 479 g/mol. The van der Waals surface area contributed by atoms with Gasteiger partial charge in [0, 0.05) is 23.1 Å². The molecule has 0 aromatic heterocycles. The van der Waals surface area contributed by atoms with Crippen LogP contribution in [-0.2, 0) is 6.54 Å². The summed E-state index contributed by atoms with van der Waals surface area (Å²) in [7, 11) is 0. The number of nitrogens with one attached hydrogen (secondary N) is 2. The Hall–Kier alpha value is -2.29. The number of rotatable bonds is 4. The summed E-state index contributed by atoms with van der Waals surface area (Å²) < 4.78 is 5.68. The molecule has 1 unspecified atom stereocenters. The minimum Gasteiger partial charge on any atom is -0.493 e. The van der Waals surface area contributed by atoms with Crippen molar-refractivity contribution in [2.45, 2.75) is 45.3 Å². The maximum atomic E-state index is 12.3. The summed E-state index contributed by atoms with van der Waals surface area (Å²) in [6.07, 6.45) is 0.829. The van der Waals surface area contributed by atoms with Crippen molar-refractivity contribution in [3.8, 4) is 5.75 Å². The fourth-order valence-corrected chi connectivity index (χ4v) is 3.12. The van der Waals surface area contributed by atoms with Crippen molar-refractivity contribution in [3.63, 3.8) is 0 Å². The summed E-state index contributed by atoms with van der Waals surface area (Å²) in [6, 6.07) is 15.5. The molecule has 4 N–H and O–H groups in total. The van der Waals surface area contributed by atoms with Gasteiger partial charge in [0.05, 0.1) is 19.2 Å². The molecule has 1 aliphatic rings. The number of benzene rings is 2. The molecule has 2 aromatic carbocycles. The standard InChI is InChI=1S/C22H28N4O2.HI/c1-22(2,3)26-20(27)16-8-6-7-15(13-16)14-24-21(23)25-18-11-12-28-19-10-5-4-9-17(18)19;/h4-10,13,18H,11-12,14H2,1-3H3,(H,26,27)(H3,23,24,25);1H. The average molecular weight is 508 g/mol. The van der Waals surface area contributed by atoms with E-state index in [1.165, 1.54) is 0 Å². The first-order valence-corrected chi connectivity index (χ1v) is 9.51. The molecule has 3 rings (SSSR count). The monoisotopic (exact) mass is 508 g/mol. The minimum atomic E-state index is -0.278. The Labute approximate surface area is 189 Å². The normalized spacial score (nSPS) is 16.1. The number of guanidine groups is 1. The van der Waals surface area contributed by atoms with Crippen LogP contribution in [0.2, 0.25) is 0 Å². The Morgan fingerprint density at radius 2 is 1.97 bits per heavy atom. The Bertz CT molecular complexity index is 877. The number of nitrogens with two attached hydrogens (primary N) is 1. The molecule has 156 valence electrons. The first-order chi connectivity index (χ1) is 13.3. The molecule has 6 nitrogen and oxygen atoms in total. The van der Waals surface area contributed by atoms with E-state index in [1.54, 1.807) is 6.07 Å². The van der Waals surface area contributed by atoms with Crippen LogP contribution in [0.15, 0.2) is 53.5 Å². The summed E-state index contributed by atoms with van der Waals surface area (Å²) in [5, 5.41) is 6.25. The molecule has 0 spiro atoms. The number of ether oxygens (including phenoxy) is 1. The first-order valence-electron chi connectivity index (χ1n) is 9.51. The lowest BCUT2D eigenvalue weighted by molar-refractivity contribution is 0.0919. The third-order valence-corrected chi connectivity index (χ3v) is 4.39. The Balaban J connectivity index is 0.00000300. The molecule has 0 saturated heterocycles. The second kappa shape index (κ2) is 9.96. The summed E-state index contributed by atoms with van der Waals surface area (Å²) in [5.74, 6) is 1.17. The average Bonchev–Trinajstić information content (AvgIpc) is 2.66. The number of aliphatic imine (C=N–C) groups is 1. The lowest BCUT2D eigenvalue weighted by Crippen LogP contribution is -2.40. The van der Waals surface area contributed by atoms with Gasteiger partial charge < -0.3 is 21.1 Å². The third kappa shape index (κ3) is 6.62. The molecule has 1 amide bonds. The first kappa shape index (κ1) is 23.0. The Morgan fingerprint density at radius 1 is 1.21 bits per heavy atom. The van der Waals surface area contributed by atoms with Crippen LogP contribution in [0.25, 0.3) is 0 Å². The molecule has 1 atom stereocenters. The van der Waals surface area contributed by atoms with Crippen LogP contribution in [0.4, 0.5) is 0 Å². The van der Waals surface area contributed by atoms with Gasteiger partial charge in [0.1, 0.15) is 5.75 Å². The fraction of sp³-hybridized carbons (Fsp3) is 0.364. The lowest BCUT2D eigenvalue weighted by Gasteiger charge is -2.26. The van der Waals surface area contributed by atoms with Gasteiger partial charge in [-0.3, -0.25) is 4.79 Å². The van der Waals surface area contributed by atoms with E-state index < -0.39 is 0 Å². The minimum absolute atomic E-state index is 0. The van der Waals surface area contributed by atoms with Crippen LogP contribution in [0, 0.1) is 0 Å². The van der Waals surface area contributed by atoms with Crippen LogP contribution in [0.5, 0.6) is 5.75 Å². The van der Waals surface area contributed by atoms with Crippen LogP contribution >= 0.6 is 24.0 Å². The predicted molar refractivity (Wildman–Crippen MR) is 127 cm³/mol. The van der Waals surface area contributed by atoms with Crippen molar-refractivity contribution >= 4 is 35.8 Å². The fourth-order valence-electron chi connectivity index (χ4n) is 3.12. The third-order valence-electron chi connectivity index (χ3n) is 4.39. The van der Waals surface area contributed by atoms with Crippen LogP contribution in [0.3, 0.4) is 0 Å². The smallest absolute Gasteiger partial charge is 0.251 e. The molecule has 0 fully saturated rings. The summed E-state index contributed by atoms with van der Waals surface area (Å²) in [5.41, 5.74) is 8.47. The van der Waals surface area contributed by atoms with Crippen molar-refractivity contribution in [3.05, 3.63) is 65.2 Å². The molecule has 0 bridgehead atoms. The van der Waals surface area contributed by atoms with E-state index in [1.807, 2.05) is 63.2 Å². The molecule has 1 heterocycles. The highest BCUT2D eigenvalue weighted by Gasteiger charge is 2.21. The van der Waals surface area contributed by atoms with Gasteiger partial charge in [0.15, 0.2) is 5.96 Å². The van der Waals surface area contributed by atoms with Gasteiger partial charge >= 0.3 is 0 Å². The summed E-state index contributed by atoms with van der Waals surface area (Å²) >= 11 is 0. The SMILES string of the molecule is CC(C)(C)NC(=O)c1cccc(CN=C(N)NC2CCOc3ccccc32)c1.I. The Morgan fingerprint density at radius 3 is 2.72 bits per heavy atom. The zero-order valence-electron chi connectivity index (χ0n) is 17.1.